The van der Waals surface area contributed by atoms with E-state index in [1.54, 1.807) is 0 Å². The topological polar surface area (TPSA) is 49.4 Å². The molecule has 1 aliphatic heterocycles. The minimum absolute atomic E-state index is 0.122. The quantitative estimate of drug-likeness (QED) is 0.798. The Bertz CT molecular complexity index is 902. The summed E-state index contributed by atoms with van der Waals surface area (Å²) in [5, 5.41) is 2.95. The van der Waals surface area contributed by atoms with E-state index in [1.807, 2.05) is 32.0 Å². The zero-order chi connectivity index (χ0) is 20.4. The monoisotopic (exact) mass is 390 g/mol. The first kappa shape index (κ1) is 19.9. The maximum Gasteiger partial charge on any atom is 0.256 e. The average molecular weight is 390 g/mol. The van der Waals surface area contributed by atoms with Gasteiger partial charge in [-0.05, 0) is 49.9 Å². The SMILES string of the molecule is Cc1cccc(C)c1NC(=O)C1CCN(C(=O)c2ccc(F)c(F)c2F)CC1. The van der Waals surface area contributed by atoms with E-state index >= 15 is 0 Å². The summed E-state index contributed by atoms with van der Waals surface area (Å²) in [6.45, 7) is 4.31. The van der Waals surface area contributed by atoms with Gasteiger partial charge in [-0.3, -0.25) is 9.59 Å². The van der Waals surface area contributed by atoms with Crippen molar-refractivity contribution in [1.29, 1.82) is 0 Å². The highest BCUT2D eigenvalue weighted by atomic mass is 19.2. The molecule has 4 nitrogen and oxygen atoms in total. The standard InChI is InChI=1S/C21H21F3N2O2/c1-12-4-3-5-13(2)19(12)25-20(27)14-8-10-26(11-9-14)21(28)15-6-7-16(22)18(24)17(15)23/h3-7,14H,8-11H2,1-2H3,(H,25,27). The number of halogens is 3. The van der Waals surface area contributed by atoms with Crippen LogP contribution in [-0.4, -0.2) is 29.8 Å². The Kier molecular flexibility index (Phi) is 5.72. The fourth-order valence-corrected chi connectivity index (χ4v) is 3.44. The Morgan fingerprint density at radius 2 is 1.57 bits per heavy atom. The maximum absolute atomic E-state index is 13.9. The highest BCUT2D eigenvalue weighted by molar-refractivity contribution is 5.96. The smallest absolute Gasteiger partial charge is 0.256 e. The number of para-hydroxylation sites is 1. The number of carbonyl (C=O) groups is 2. The van der Waals surface area contributed by atoms with Crippen molar-refractivity contribution in [1.82, 2.24) is 4.90 Å². The van der Waals surface area contributed by atoms with Gasteiger partial charge in [0.15, 0.2) is 17.5 Å². The highest BCUT2D eigenvalue weighted by Crippen LogP contribution is 2.25. The van der Waals surface area contributed by atoms with E-state index in [0.29, 0.717) is 12.8 Å². The lowest BCUT2D eigenvalue weighted by Gasteiger charge is -2.31. The Balaban J connectivity index is 1.63. The minimum atomic E-state index is -1.66. The summed E-state index contributed by atoms with van der Waals surface area (Å²) in [5.41, 5.74) is 2.22. The lowest BCUT2D eigenvalue weighted by Crippen LogP contribution is -2.41. The fraction of sp³-hybridized carbons (Fsp3) is 0.333. The molecule has 0 bridgehead atoms. The van der Waals surface area contributed by atoms with Gasteiger partial charge in [0.05, 0.1) is 5.56 Å². The first-order valence-corrected chi connectivity index (χ1v) is 9.09. The Labute approximate surface area is 161 Å². The number of aryl methyl sites for hydroxylation is 2. The van der Waals surface area contributed by atoms with Crippen LogP contribution in [0.5, 0.6) is 0 Å². The third kappa shape index (κ3) is 3.88. The predicted octanol–water partition coefficient (Wildman–Crippen LogP) is 4.21. The van der Waals surface area contributed by atoms with Gasteiger partial charge >= 0.3 is 0 Å². The molecule has 148 valence electrons. The molecule has 1 aliphatic rings. The number of piperidine rings is 1. The van der Waals surface area contributed by atoms with E-state index in [1.165, 1.54) is 4.90 Å². The summed E-state index contributed by atoms with van der Waals surface area (Å²) in [6.07, 6.45) is 0.821. The molecule has 1 fully saturated rings. The van der Waals surface area contributed by atoms with Gasteiger partial charge in [-0.15, -0.1) is 0 Å². The minimum Gasteiger partial charge on any atom is -0.339 e. The molecule has 0 unspecified atom stereocenters. The molecule has 2 aromatic carbocycles. The molecule has 0 radical (unpaired) electrons. The molecule has 2 aromatic rings. The van der Waals surface area contributed by atoms with Gasteiger partial charge in [-0.2, -0.15) is 0 Å². The van der Waals surface area contributed by atoms with E-state index in [-0.39, 0.29) is 24.9 Å². The second-order valence-electron chi connectivity index (χ2n) is 7.05. The van der Waals surface area contributed by atoms with Crippen molar-refractivity contribution in [2.24, 2.45) is 5.92 Å². The molecule has 0 spiro atoms. The molecular formula is C21H21F3N2O2. The number of likely N-dealkylation sites (tertiary alicyclic amines) is 1. The van der Waals surface area contributed by atoms with Crippen molar-refractivity contribution in [3.63, 3.8) is 0 Å². The number of hydrogen-bond acceptors (Lipinski definition) is 2. The molecule has 7 heteroatoms. The molecule has 1 saturated heterocycles. The summed E-state index contributed by atoms with van der Waals surface area (Å²) < 4.78 is 40.3. The van der Waals surface area contributed by atoms with Crippen molar-refractivity contribution in [2.45, 2.75) is 26.7 Å². The van der Waals surface area contributed by atoms with E-state index in [4.69, 9.17) is 0 Å². The number of carbonyl (C=O) groups excluding carboxylic acids is 2. The summed E-state index contributed by atoms with van der Waals surface area (Å²) in [4.78, 5) is 26.4. The van der Waals surface area contributed by atoms with Gasteiger partial charge in [0.2, 0.25) is 5.91 Å². The molecular weight excluding hydrogens is 369 g/mol. The number of nitrogens with one attached hydrogen (secondary N) is 1. The Morgan fingerprint density at radius 3 is 2.18 bits per heavy atom. The van der Waals surface area contributed by atoms with Gasteiger partial charge in [0.1, 0.15) is 0 Å². The summed E-state index contributed by atoms with van der Waals surface area (Å²) in [6, 6.07) is 7.43. The zero-order valence-corrected chi connectivity index (χ0v) is 15.7. The number of nitrogens with zero attached hydrogens (tertiary/aromatic N) is 1. The molecule has 0 aliphatic carbocycles. The van der Waals surface area contributed by atoms with Crippen molar-refractivity contribution in [3.05, 3.63) is 64.5 Å². The Hall–Kier alpha value is -2.83. The maximum atomic E-state index is 13.9. The zero-order valence-electron chi connectivity index (χ0n) is 15.7. The van der Waals surface area contributed by atoms with Crippen LogP contribution in [0.2, 0.25) is 0 Å². The van der Waals surface area contributed by atoms with Crippen molar-refractivity contribution >= 4 is 17.5 Å². The van der Waals surface area contributed by atoms with Crippen LogP contribution in [0.1, 0.15) is 34.3 Å². The van der Waals surface area contributed by atoms with Gasteiger partial charge in [0, 0.05) is 24.7 Å². The molecule has 1 heterocycles. The largest absolute Gasteiger partial charge is 0.339 e. The Morgan fingerprint density at radius 1 is 0.964 bits per heavy atom. The second-order valence-corrected chi connectivity index (χ2v) is 7.05. The number of rotatable bonds is 3. The van der Waals surface area contributed by atoms with Crippen LogP contribution in [0, 0.1) is 37.2 Å². The van der Waals surface area contributed by atoms with Crippen LogP contribution in [-0.2, 0) is 4.79 Å². The summed E-state index contributed by atoms with van der Waals surface area (Å²) in [5.74, 6) is -5.59. The number of benzene rings is 2. The molecule has 0 aromatic heterocycles. The van der Waals surface area contributed by atoms with E-state index < -0.39 is 28.9 Å². The van der Waals surface area contributed by atoms with Crippen LogP contribution < -0.4 is 5.32 Å². The second kappa shape index (κ2) is 8.04. The van der Waals surface area contributed by atoms with Gasteiger partial charge in [-0.25, -0.2) is 13.2 Å². The number of hydrogen-bond donors (Lipinski definition) is 1. The van der Waals surface area contributed by atoms with Crippen LogP contribution in [0.15, 0.2) is 30.3 Å². The fourth-order valence-electron chi connectivity index (χ4n) is 3.44. The lowest BCUT2D eigenvalue weighted by atomic mass is 9.95. The molecule has 2 amide bonds. The molecule has 28 heavy (non-hydrogen) atoms. The highest BCUT2D eigenvalue weighted by Gasteiger charge is 2.30. The number of anilines is 1. The average Bonchev–Trinajstić information content (AvgIpc) is 2.69. The van der Waals surface area contributed by atoms with Gasteiger partial charge in [0.25, 0.3) is 5.91 Å². The van der Waals surface area contributed by atoms with Crippen molar-refractivity contribution in [2.75, 3.05) is 18.4 Å². The number of amides is 2. The first-order valence-electron chi connectivity index (χ1n) is 9.09. The van der Waals surface area contributed by atoms with Gasteiger partial charge in [-0.1, -0.05) is 18.2 Å². The molecule has 0 saturated carbocycles. The molecule has 3 rings (SSSR count). The van der Waals surface area contributed by atoms with E-state index in [0.717, 1.165) is 28.9 Å². The van der Waals surface area contributed by atoms with Crippen LogP contribution >= 0.6 is 0 Å². The first-order chi connectivity index (χ1) is 13.3. The van der Waals surface area contributed by atoms with Crippen LogP contribution in [0.25, 0.3) is 0 Å². The van der Waals surface area contributed by atoms with E-state index in [2.05, 4.69) is 5.32 Å². The molecule has 1 N–H and O–H groups in total. The third-order valence-corrected chi connectivity index (χ3v) is 5.15. The normalized spacial score (nSPS) is 14.8. The lowest BCUT2D eigenvalue weighted by molar-refractivity contribution is -0.121. The molecule has 0 atom stereocenters. The van der Waals surface area contributed by atoms with Gasteiger partial charge < -0.3 is 10.2 Å². The van der Waals surface area contributed by atoms with Crippen LogP contribution in [0.4, 0.5) is 18.9 Å². The summed E-state index contributed by atoms with van der Waals surface area (Å²) in [7, 11) is 0. The van der Waals surface area contributed by atoms with Crippen LogP contribution in [0.3, 0.4) is 0 Å². The third-order valence-electron chi connectivity index (χ3n) is 5.15. The van der Waals surface area contributed by atoms with E-state index in [9.17, 15) is 22.8 Å². The predicted molar refractivity (Wildman–Crippen MR) is 99.5 cm³/mol. The van der Waals surface area contributed by atoms with Crippen molar-refractivity contribution in [3.8, 4) is 0 Å². The summed E-state index contributed by atoms with van der Waals surface area (Å²) >= 11 is 0. The van der Waals surface area contributed by atoms with Crippen molar-refractivity contribution < 1.29 is 22.8 Å².